The molecule has 0 fully saturated rings. The van der Waals surface area contributed by atoms with Crippen molar-refractivity contribution in [2.75, 3.05) is 12.4 Å². The molecule has 1 aromatic carbocycles. The van der Waals surface area contributed by atoms with E-state index in [0.29, 0.717) is 6.42 Å². The third-order valence-electron chi connectivity index (χ3n) is 4.63. The minimum Gasteiger partial charge on any atom is -0.325 e. The van der Waals surface area contributed by atoms with Crippen LogP contribution in [0.1, 0.15) is 45.2 Å². The number of nitrogens with zero attached hydrogens (tertiary/aromatic N) is 2. The highest BCUT2D eigenvalue weighted by Crippen LogP contribution is 2.39. The smallest absolute Gasteiger partial charge is 0.243 e. The summed E-state index contributed by atoms with van der Waals surface area (Å²) in [6, 6.07) is 5.91. The second kappa shape index (κ2) is 4.41. The molecule has 22 heavy (non-hydrogen) atoms. The minimum absolute atomic E-state index is 0.0109. The number of hydrogen-bond acceptors (Lipinski definition) is 3. The fourth-order valence-electron chi connectivity index (χ4n) is 3.08. The summed E-state index contributed by atoms with van der Waals surface area (Å²) in [6.07, 6.45) is 0.431. The zero-order chi connectivity index (χ0) is 16.3. The Labute approximate surface area is 130 Å². The lowest BCUT2D eigenvalue weighted by Crippen LogP contribution is -2.40. The van der Waals surface area contributed by atoms with Gasteiger partial charge in [-0.25, -0.2) is 5.01 Å². The van der Waals surface area contributed by atoms with Crippen molar-refractivity contribution in [1.82, 2.24) is 5.01 Å². The maximum Gasteiger partial charge on any atom is 0.243 e. The number of nitrogens with one attached hydrogen (secondary N) is 1. The lowest BCUT2D eigenvalue weighted by Gasteiger charge is -2.33. The Balaban J connectivity index is 2.11. The van der Waals surface area contributed by atoms with Gasteiger partial charge in [0.2, 0.25) is 11.8 Å². The Morgan fingerprint density at radius 1 is 1.18 bits per heavy atom. The molecule has 1 N–H and O–H groups in total. The number of rotatable bonds is 1. The van der Waals surface area contributed by atoms with Crippen LogP contribution in [0.25, 0.3) is 0 Å². The van der Waals surface area contributed by atoms with E-state index in [0.717, 1.165) is 22.5 Å². The molecule has 0 atom stereocenters. The quantitative estimate of drug-likeness (QED) is 0.866. The molecule has 0 bridgehead atoms. The number of carbonyl (C=O) groups excluding carboxylic acids is 2. The summed E-state index contributed by atoms with van der Waals surface area (Å²) in [5.74, 6) is 0.0314. The number of fused-ring (bicyclic) bond motifs is 1. The third-order valence-corrected chi connectivity index (χ3v) is 4.63. The van der Waals surface area contributed by atoms with E-state index < -0.39 is 5.41 Å². The molecule has 0 saturated heterocycles. The summed E-state index contributed by atoms with van der Waals surface area (Å²) in [4.78, 5) is 24.0. The normalized spacial score (nSPS) is 22.2. The topological polar surface area (TPSA) is 61.8 Å². The van der Waals surface area contributed by atoms with E-state index in [4.69, 9.17) is 0 Å². The molecule has 0 spiro atoms. The largest absolute Gasteiger partial charge is 0.325 e. The summed E-state index contributed by atoms with van der Waals surface area (Å²) in [5.41, 5.74) is 2.82. The Hall–Kier alpha value is -2.17. The van der Waals surface area contributed by atoms with Crippen LogP contribution in [0.15, 0.2) is 23.3 Å². The van der Waals surface area contributed by atoms with Gasteiger partial charge in [-0.15, -0.1) is 0 Å². The highest BCUT2D eigenvalue weighted by Gasteiger charge is 2.40. The van der Waals surface area contributed by atoms with Crippen molar-refractivity contribution in [2.24, 2.45) is 10.5 Å². The molecule has 2 heterocycles. The van der Waals surface area contributed by atoms with Crippen molar-refractivity contribution < 1.29 is 9.59 Å². The van der Waals surface area contributed by atoms with E-state index in [9.17, 15) is 9.59 Å². The zero-order valence-corrected chi connectivity index (χ0v) is 13.7. The van der Waals surface area contributed by atoms with Gasteiger partial charge in [0.05, 0.1) is 11.1 Å². The maximum absolute atomic E-state index is 12.1. The molecule has 0 aliphatic carbocycles. The van der Waals surface area contributed by atoms with Crippen LogP contribution in [0.3, 0.4) is 0 Å². The van der Waals surface area contributed by atoms with Crippen LogP contribution in [-0.4, -0.2) is 29.6 Å². The fraction of sp³-hybridized carbons (Fsp3) is 0.471. The first-order valence-electron chi connectivity index (χ1n) is 7.45. The van der Waals surface area contributed by atoms with E-state index >= 15 is 0 Å². The zero-order valence-electron chi connectivity index (χ0n) is 13.7. The molecule has 5 heteroatoms. The average Bonchev–Trinajstić information content (AvgIpc) is 2.64. The van der Waals surface area contributed by atoms with Crippen molar-refractivity contribution in [3.8, 4) is 0 Å². The molecular formula is C17H21N3O2. The first-order chi connectivity index (χ1) is 10.1. The van der Waals surface area contributed by atoms with Gasteiger partial charge in [0.15, 0.2) is 0 Å². The second-order valence-corrected chi connectivity index (χ2v) is 7.27. The van der Waals surface area contributed by atoms with Crippen molar-refractivity contribution in [2.45, 2.75) is 39.5 Å². The van der Waals surface area contributed by atoms with Gasteiger partial charge >= 0.3 is 0 Å². The lowest BCUT2D eigenvalue weighted by atomic mass is 9.77. The molecule has 5 nitrogen and oxygen atoms in total. The minimum atomic E-state index is -0.549. The molecule has 0 aromatic heterocycles. The van der Waals surface area contributed by atoms with Crippen LogP contribution in [0.4, 0.5) is 5.69 Å². The van der Waals surface area contributed by atoms with Gasteiger partial charge in [0.25, 0.3) is 0 Å². The summed E-state index contributed by atoms with van der Waals surface area (Å²) in [6.45, 7) is 7.89. The Morgan fingerprint density at radius 3 is 2.55 bits per heavy atom. The van der Waals surface area contributed by atoms with Crippen molar-refractivity contribution in [3.63, 3.8) is 0 Å². The predicted octanol–water partition coefficient (Wildman–Crippen LogP) is 2.51. The van der Waals surface area contributed by atoms with E-state index in [1.165, 1.54) is 5.01 Å². The average molecular weight is 299 g/mol. The van der Waals surface area contributed by atoms with Gasteiger partial charge in [-0.3, -0.25) is 9.59 Å². The number of benzene rings is 1. The molecule has 2 aliphatic heterocycles. The van der Waals surface area contributed by atoms with Crippen molar-refractivity contribution in [3.05, 3.63) is 29.3 Å². The number of hydrogen-bond donors (Lipinski definition) is 1. The summed E-state index contributed by atoms with van der Waals surface area (Å²) in [7, 11) is 1.68. The van der Waals surface area contributed by atoms with Gasteiger partial charge < -0.3 is 5.32 Å². The molecule has 2 aliphatic rings. The van der Waals surface area contributed by atoms with E-state index in [2.05, 4.69) is 10.4 Å². The highest BCUT2D eigenvalue weighted by atomic mass is 16.2. The predicted molar refractivity (Wildman–Crippen MR) is 85.8 cm³/mol. The highest BCUT2D eigenvalue weighted by molar-refractivity contribution is 6.10. The van der Waals surface area contributed by atoms with Gasteiger partial charge in [0, 0.05) is 24.6 Å². The molecule has 1 aromatic rings. The van der Waals surface area contributed by atoms with E-state index in [1.54, 1.807) is 7.05 Å². The Kier molecular flexibility index (Phi) is 2.96. The van der Waals surface area contributed by atoms with Crippen LogP contribution in [0.5, 0.6) is 0 Å². The first-order valence-corrected chi connectivity index (χ1v) is 7.45. The molecule has 116 valence electrons. The van der Waals surface area contributed by atoms with Crippen molar-refractivity contribution in [1.29, 1.82) is 0 Å². The number of amides is 2. The van der Waals surface area contributed by atoms with Crippen LogP contribution in [-0.2, 0) is 15.0 Å². The van der Waals surface area contributed by atoms with Gasteiger partial charge in [0.1, 0.15) is 0 Å². The number of hydrazone groups is 1. The summed E-state index contributed by atoms with van der Waals surface area (Å²) in [5, 5.41) is 8.79. The number of anilines is 1. The van der Waals surface area contributed by atoms with Crippen LogP contribution in [0, 0.1) is 5.41 Å². The molecule has 0 unspecified atom stereocenters. The standard InChI is InChI=1S/C17H21N3O2/c1-16(2)9-13(21)20(5)19-14(16)10-6-7-12-11(8-10)17(3,4)15(22)18-12/h6-8H,9H2,1-5H3,(H,18,22). The molecule has 0 saturated carbocycles. The monoisotopic (exact) mass is 299 g/mol. The Morgan fingerprint density at radius 2 is 1.86 bits per heavy atom. The molecule has 2 amide bonds. The van der Waals surface area contributed by atoms with Crippen molar-refractivity contribution >= 4 is 23.2 Å². The van der Waals surface area contributed by atoms with Gasteiger partial charge in [-0.1, -0.05) is 19.9 Å². The SMILES string of the molecule is CN1N=C(c2ccc3c(c2)C(C)(C)C(=O)N3)C(C)(C)CC1=O. The second-order valence-electron chi connectivity index (χ2n) is 7.27. The third kappa shape index (κ3) is 2.03. The van der Waals surface area contributed by atoms with Gasteiger partial charge in [-0.2, -0.15) is 5.10 Å². The Bertz CT molecular complexity index is 717. The molecule has 3 rings (SSSR count). The summed E-state index contributed by atoms with van der Waals surface area (Å²) >= 11 is 0. The van der Waals surface area contributed by atoms with Crippen LogP contribution >= 0.6 is 0 Å². The fourth-order valence-corrected chi connectivity index (χ4v) is 3.08. The lowest BCUT2D eigenvalue weighted by molar-refractivity contribution is -0.132. The first kappa shape index (κ1) is 14.8. The summed E-state index contributed by atoms with van der Waals surface area (Å²) < 4.78 is 0. The molecular weight excluding hydrogens is 278 g/mol. The number of carbonyl (C=O) groups is 2. The van der Waals surface area contributed by atoms with E-state index in [-0.39, 0.29) is 17.2 Å². The van der Waals surface area contributed by atoms with E-state index in [1.807, 2.05) is 45.9 Å². The van der Waals surface area contributed by atoms with Crippen LogP contribution in [0.2, 0.25) is 0 Å². The van der Waals surface area contributed by atoms with Gasteiger partial charge in [-0.05, 0) is 37.1 Å². The maximum atomic E-state index is 12.1. The van der Waals surface area contributed by atoms with Crippen LogP contribution < -0.4 is 5.32 Å². The molecule has 0 radical (unpaired) electrons.